The Balaban J connectivity index is 1.35. The molecule has 2 bridgehead atoms. The van der Waals surface area contributed by atoms with Crippen LogP contribution in [0, 0.1) is 5.92 Å². The van der Waals surface area contributed by atoms with Crippen LogP contribution in [-0.4, -0.2) is 43.6 Å². The number of ether oxygens (including phenoxy) is 1. The maximum atomic E-state index is 12.6. The van der Waals surface area contributed by atoms with Crippen LogP contribution in [0.3, 0.4) is 0 Å². The average Bonchev–Trinajstić information content (AvgIpc) is 3.01. The van der Waals surface area contributed by atoms with Crippen molar-refractivity contribution < 1.29 is 9.53 Å². The summed E-state index contributed by atoms with van der Waals surface area (Å²) in [5, 5.41) is 3.26. The van der Waals surface area contributed by atoms with Crippen molar-refractivity contribution in [2.75, 3.05) is 26.7 Å². The Morgan fingerprint density at radius 3 is 2.30 bits per heavy atom. The molecule has 0 aromatic heterocycles. The molecule has 0 aliphatic carbocycles. The number of hydrogen-bond donors (Lipinski definition) is 1. The van der Waals surface area contributed by atoms with Crippen molar-refractivity contribution in [1.29, 1.82) is 0 Å². The van der Waals surface area contributed by atoms with Crippen molar-refractivity contribution in [1.82, 2.24) is 10.2 Å². The summed E-state index contributed by atoms with van der Waals surface area (Å²) in [6.45, 7) is 3.37. The van der Waals surface area contributed by atoms with Gasteiger partial charge in [0, 0.05) is 27.9 Å². The summed E-state index contributed by atoms with van der Waals surface area (Å²) in [4.78, 5) is 17.4. The molecule has 5 rings (SSSR count). The lowest BCUT2D eigenvalue weighted by molar-refractivity contribution is 0.0928. The van der Waals surface area contributed by atoms with Crippen molar-refractivity contribution in [2.24, 2.45) is 5.92 Å². The van der Waals surface area contributed by atoms with Gasteiger partial charge >= 0.3 is 0 Å². The second-order valence-electron chi connectivity index (χ2n) is 7.45. The van der Waals surface area contributed by atoms with Crippen LogP contribution in [0.15, 0.2) is 58.3 Å². The summed E-state index contributed by atoms with van der Waals surface area (Å²) in [6.07, 6.45) is 3.68. The van der Waals surface area contributed by atoms with Gasteiger partial charge in [0.1, 0.15) is 5.75 Å². The Kier molecular flexibility index (Phi) is 5.69. The number of methoxy groups -OCH3 is 1. The molecule has 0 saturated carbocycles. The van der Waals surface area contributed by atoms with Crippen LogP contribution in [-0.2, 0) is 0 Å². The van der Waals surface area contributed by atoms with Crippen LogP contribution >= 0.6 is 11.8 Å². The summed E-state index contributed by atoms with van der Waals surface area (Å²) in [6, 6.07) is 16.2. The topological polar surface area (TPSA) is 41.6 Å². The van der Waals surface area contributed by atoms with Crippen LogP contribution < -0.4 is 10.1 Å². The highest BCUT2D eigenvalue weighted by Gasteiger charge is 2.29. The van der Waals surface area contributed by atoms with Gasteiger partial charge in [-0.25, -0.2) is 0 Å². The zero-order valence-electron chi connectivity index (χ0n) is 15.7. The molecule has 2 aromatic rings. The van der Waals surface area contributed by atoms with E-state index in [1.807, 2.05) is 48.5 Å². The Labute approximate surface area is 165 Å². The van der Waals surface area contributed by atoms with Gasteiger partial charge in [0.2, 0.25) is 0 Å². The van der Waals surface area contributed by atoms with Crippen molar-refractivity contribution >= 4 is 17.7 Å². The lowest BCUT2D eigenvalue weighted by Gasteiger charge is -2.26. The third-order valence-corrected chi connectivity index (χ3v) is 6.57. The number of benzene rings is 2. The van der Waals surface area contributed by atoms with Gasteiger partial charge in [-0.15, -0.1) is 0 Å². The summed E-state index contributed by atoms with van der Waals surface area (Å²) < 4.78 is 5.19. The molecule has 1 unspecified atom stereocenters. The maximum Gasteiger partial charge on any atom is 0.251 e. The molecule has 0 radical (unpaired) electrons. The first-order valence-corrected chi connectivity index (χ1v) is 10.5. The predicted molar refractivity (Wildman–Crippen MR) is 109 cm³/mol. The molecule has 1 N–H and O–H groups in total. The Bertz CT molecular complexity index is 754. The van der Waals surface area contributed by atoms with Crippen molar-refractivity contribution in [2.45, 2.75) is 35.1 Å². The number of amides is 1. The van der Waals surface area contributed by atoms with E-state index in [0.29, 0.717) is 0 Å². The van der Waals surface area contributed by atoms with Crippen molar-refractivity contribution in [3.63, 3.8) is 0 Å². The molecule has 3 saturated heterocycles. The second-order valence-corrected chi connectivity index (χ2v) is 8.60. The summed E-state index contributed by atoms with van der Waals surface area (Å²) in [5.74, 6) is 1.68. The minimum atomic E-state index is 0.0449. The highest BCUT2D eigenvalue weighted by Crippen LogP contribution is 2.29. The quantitative estimate of drug-likeness (QED) is 0.847. The fraction of sp³-hybridized carbons (Fsp3) is 0.409. The summed E-state index contributed by atoms with van der Waals surface area (Å²) in [5.41, 5.74) is 0.737. The number of hydrogen-bond acceptors (Lipinski definition) is 4. The number of fused-ring (bicyclic) bond motifs is 4. The molecular weight excluding hydrogens is 356 g/mol. The van der Waals surface area contributed by atoms with Crippen LogP contribution in [0.25, 0.3) is 0 Å². The van der Waals surface area contributed by atoms with E-state index in [9.17, 15) is 4.79 Å². The molecule has 5 heteroatoms. The first-order chi connectivity index (χ1) is 13.2. The van der Waals surface area contributed by atoms with Crippen molar-refractivity contribution in [3.8, 4) is 5.75 Å². The maximum absolute atomic E-state index is 12.6. The molecule has 2 aromatic carbocycles. The molecule has 1 atom stereocenters. The van der Waals surface area contributed by atoms with Gasteiger partial charge in [0.25, 0.3) is 5.91 Å². The van der Waals surface area contributed by atoms with Gasteiger partial charge in [0.15, 0.2) is 0 Å². The smallest absolute Gasteiger partial charge is 0.251 e. The molecule has 27 heavy (non-hydrogen) atoms. The molecule has 3 fully saturated rings. The monoisotopic (exact) mass is 382 g/mol. The average molecular weight is 383 g/mol. The van der Waals surface area contributed by atoms with E-state index >= 15 is 0 Å². The lowest BCUT2D eigenvalue weighted by Crippen LogP contribution is -2.41. The van der Waals surface area contributed by atoms with Gasteiger partial charge < -0.3 is 15.0 Å². The van der Waals surface area contributed by atoms with E-state index in [2.05, 4.69) is 10.2 Å². The lowest BCUT2D eigenvalue weighted by atomic mass is 9.94. The molecule has 3 heterocycles. The van der Waals surface area contributed by atoms with Crippen LogP contribution in [0.2, 0.25) is 0 Å². The number of carbonyl (C=O) groups is 1. The third kappa shape index (κ3) is 4.66. The minimum Gasteiger partial charge on any atom is -0.497 e. The first kappa shape index (κ1) is 18.4. The molecule has 1 amide bonds. The summed E-state index contributed by atoms with van der Waals surface area (Å²) in [7, 11) is 1.67. The Morgan fingerprint density at radius 2 is 1.67 bits per heavy atom. The van der Waals surface area contributed by atoms with Gasteiger partial charge in [0.05, 0.1) is 7.11 Å². The highest BCUT2D eigenvalue weighted by atomic mass is 32.2. The normalized spacial score (nSPS) is 24.3. The van der Waals surface area contributed by atoms with Crippen molar-refractivity contribution in [3.05, 3.63) is 54.1 Å². The minimum absolute atomic E-state index is 0.0449. The van der Waals surface area contributed by atoms with E-state index in [1.165, 1.54) is 25.9 Å². The molecular formula is C22H26N2O2S. The standard InChI is InChI=1S/C22H26N2O2S/c1-26-19-4-8-21(9-5-19)27-20-6-2-17(3-7-20)22(25)23-18-14-16-10-12-24(15-18)13-11-16/h2-9,16,18H,10-15H2,1H3,(H,23,25). The molecule has 3 aliphatic heterocycles. The van der Waals surface area contributed by atoms with E-state index in [1.54, 1.807) is 18.9 Å². The SMILES string of the molecule is COc1ccc(Sc2ccc(C(=O)NC3CC4CCN(CC4)C3)cc2)cc1. The second kappa shape index (κ2) is 8.36. The predicted octanol–water partition coefficient (Wildman–Crippen LogP) is 4.06. The molecule has 0 spiro atoms. The van der Waals surface area contributed by atoms with Gasteiger partial charge in [-0.2, -0.15) is 0 Å². The highest BCUT2D eigenvalue weighted by molar-refractivity contribution is 7.99. The molecule has 142 valence electrons. The van der Waals surface area contributed by atoms with Crippen LogP contribution in [0.4, 0.5) is 0 Å². The number of carbonyl (C=O) groups excluding carboxylic acids is 1. The summed E-state index contributed by atoms with van der Waals surface area (Å²) >= 11 is 1.68. The van der Waals surface area contributed by atoms with E-state index in [4.69, 9.17) is 4.74 Å². The zero-order chi connectivity index (χ0) is 18.6. The third-order valence-electron chi connectivity index (χ3n) is 5.55. The Hall–Kier alpha value is -1.98. The molecule has 4 nitrogen and oxygen atoms in total. The zero-order valence-corrected chi connectivity index (χ0v) is 16.5. The number of rotatable bonds is 5. The van der Waals surface area contributed by atoms with Crippen LogP contribution in [0.5, 0.6) is 5.75 Å². The fourth-order valence-electron chi connectivity index (χ4n) is 4.02. The van der Waals surface area contributed by atoms with Gasteiger partial charge in [-0.05, 0) is 86.8 Å². The number of nitrogens with one attached hydrogen (secondary N) is 1. The first-order valence-electron chi connectivity index (χ1n) is 9.65. The van der Waals surface area contributed by atoms with Gasteiger partial charge in [-0.3, -0.25) is 4.79 Å². The van der Waals surface area contributed by atoms with E-state index < -0.39 is 0 Å². The number of nitrogens with zero attached hydrogens (tertiary/aromatic N) is 1. The molecule has 3 aliphatic rings. The Morgan fingerprint density at radius 1 is 1.04 bits per heavy atom. The van der Waals surface area contributed by atoms with E-state index in [-0.39, 0.29) is 11.9 Å². The van der Waals surface area contributed by atoms with Gasteiger partial charge in [-0.1, -0.05) is 11.8 Å². The van der Waals surface area contributed by atoms with Crippen LogP contribution in [0.1, 0.15) is 29.6 Å². The largest absolute Gasteiger partial charge is 0.497 e. The fourth-order valence-corrected chi connectivity index (χ4v) is 4.84. The van der Waals surface area contributed by atoms with E-state index in [0.717, 1.165) is 40.0 Å². The number of piperidine rings is 1.